The van der Waals surface area contributed by atoms with Crippen LogP contribution in [-0.2, 0) is 6.54 Å². The Hall–Kier alpha value is -2.07. The number of imidazole rings is 1. The Kier molecular flexibility index (Phi) is 3.33. The molecule has 0 saturated carbocycles. The fourth-order valence-corrected chi connectivity index (χ4v) is 2.44. The van der Waals surface area contributed by atoms with Gasteiger partial charge in [-0.15, -0.1) is 0 Å². The normalized spacial score (nSPS) is 12.9. The summed E-state index contributed by atoms with van der Waals surface area (Å²) in [7, 11) is 0. The molecule has 3 aromatic rings. The summed E-state index contributed by atoms with van der Waals surface area (Å²) in [6, 6.07) is 8.74. The highest BCUT2D eigenvalue weighted by atomic mass is 15.0. The first-order chi connectivity index (χ1) is 9.38. The molecule has 98 valence electrons. The van der Waals surface area contributed by atoms with E-state index in [2.05, 4.69) is 51.5 Å². The number of fused-ring (bicyclic) bond motifs is 1. The van der Waals surface area contributed by atoms with Crippen molar-refractivity contribution in [2.75, 3.05) is 0 Å². The summed E-state index contributed by atoms with van der Waals surface area (Å²) in [6.45, 7) is 3.01. The number of rotatable bonds is 5. The van der Waals surface area contributed by atoms with Crippen LogP contribution in [0, 0.1) is 0 Å². The van der Waals surface area contributed by atoms with Crippen molar-refractivity contribution in [3.05, 3.63) is 54.2 Å². The number of aromatic amines is 2. The molecule has 0 spiro atoms. The van der Waals surface area contributed by atoms with Gasteiger partial charge in [0.2, 0.25) is 0 Å². The Morgan fingerprint density at radius 3 is 2.95 bits per heavy atom. The van der Waals surface area contributed by atoms with Crippen LogP contribution in [0.3, 0.4) is 0 Å². The lowest BCUT2D eigenvalue weighted by molar-refractivity contribution is 0.499. The van der Waals surface area contributed by atoms with Crippen LogP contribution in [0.5, 0.6) is 0 Å². The van der Waals surface area contributed by atoms with Crippen LogP contribution in [0.4, 0.5) is 0 Å². The Morgan fingerprint density at radius 1 is 1.21 bits per heavy atom. The Labute approximate surface area is 112 Å². The molecule has 0 aliphatic heterocycles. The molecule has 19 heavy (non-hydrogen) atoms. The summed E-state index contributed by atoms with van der Waals surface area (Å²) < 4.78 is 0. The predicted molar refractivity (Wildman–Crippen MR) is 76.8 cm³/mol. The third-order valence-electron chi connectivity index (χ3n) is 3.48. The van der Waals surface area contributed by atoms with Gasteiger partial charge >= 0.3 is 0 Å². The second-order valence-electron chi connectivity index (χ2n) is 4.67. The molecule has 1 atom stereocenters. The monoisotopic (exact) mass is 254 g/mol. The van der Waals surface area contributed by atoms with Gasteiger partial charge in [-0.25, -0.2) is 4.98 Å². The van der Waals surface area contributed by atoms with E-state index in [1.54, 1.807) is 6.20 Å². The number of nitrogens with one attached hydrogen (secondary N) is 3. The molecule has 4 heteroatoms. The maximum Gasteiger partial charge on any atom is 0.123 e. The van der Waals surface area contributed by atoms with Crippen molar-refractivity contribution < 1.29 is 0 Å². The smallest absolute Gasteiger partial charge is 0.123 e. The molecule has 1 aromatic carbocycles. The van der Waals surface area contributed by atoms with Gasteiger partial charge in [0.1, 0.15) is 5.82 Å². The lowest BCUT2D eigenvalue weighted by Gasteiger charge is -2.15. The highest BCUT2D eigenvalue weighted by Gasteiger charge is 2.11. The minimum absolute atomic E-state index is 0.268. The first kappa shape index (κ1) is 12.0. The largest absolute Gasteiger partial charge is 0.361 e. The molecule has 3 rings (SSSR count). The van der Waals surface area contributed by atoms with Gasteiger partial charge in [-0.2, -0.15) is 0 Å². The molecule has 0 aliphatic rings. The molecule has 0 radical (unpaired) electrons. The highest BCUT2D eigenvalue weighted by molar-refractivity contribution is 5.82. The molecular formula is C15H18N4. The van der Waals surface area contributed by atoms with Crippen LogP contribution < -0.4 is 5.32 Å². The lowest BCUT2D eigenvalue weighted by atomic mass is 10.1. The van der Waals surface area contributed by atoms with Crippen molar-refractivity contribution in [2.45, 2.75) is 25.9 Å². The Bertz CT molecular complexity index is 639. The zero-order chi connectivity index (χ0) is 13.1. The van der Waals surface area contributed by atoms with Crippen molar-refractivity contribution in [3.63, 3.8) is 0 Å². The average molecular weight is 254 g/mol. The quantitative estimate of drug-likeness (QED) is 0.655. The molecule has 0 bridgehead atoms. The van der Waals surface area contributed by atoms with Crippen LogP contribution in [0.15, 0.2) is 42.9 Å². The van der Waals surface area contributed by atoms with Crippen molar-refractivity contribution >= 4 is 10.9 Å². The molecule has 0 saturated heterocycles. The molecule has 0 amide bonds. The van der Waals surface area contributed by atoms with Gasteiger partial charge < -0.3 is 15.3 Å². The first-order valence-corrected chi connectivity index (χ1v) is 6.66. The van der Waals surface area contributed by atoms with Crippen molar-refractivity contribution in [2.24, 2.45) is 0 Å². The summed E-state index contributed by atoms with van der Waals surface area (Å²) >= 11 is 0. The maximum absolute atomic E-state index is 4.33. The number of benzene rings is 1. The second kappa shape index (κ2) is 5.28. The van der Waals surface area contributed by atoms with Crippen LogP contribution in [-0.4, -0.2) is 15.0 Å². The number of H-pyrrole nitrogens is 2. The Balaban J connectivity index is 1.76. The SMILES string of the molecule is CCC(NCc1cccc2[nH]ccc12)c1ncc[nH]1. The van der Waals surface area contributed by atoms with Gasteiger partial charge in [-0.05, 0) is 24.1 Å². The number of aromatic nitrogens is 3. The van der Waals surface area contributed by atoms with Gasteiger partial charge in [0, 0.05) is 36.0 Å². The van der Waals surface area contributed by atoms with E-state index in [-0.39, 0.29) is 6.04 Å². The lowest BCUT2D eigenvalue weighted by Crippen LogP contribution is -2.21. The second-order valence-corrected chi connectivity index (χ2v) is 4.67. The predicted octanol–water partition coefficient (Wildman–Crippen LogP) is 3.13. The highest BCUT2D eigenvalue weighted by Crippen LogP contribution is 2.19. The molecule has 0 fully saturated rings. The third-order valence-corrected chi connectivity index (χ3v) is 3.48. The average Bonchev–Trinajstić information content (AvgIpc) is 3.10. The van der Waals surface area contributed by atoms with E-state index in [1.165, 1.54) is 16.5 Å². The number of hydrogen-bond acceptors (Lipinski definition) is 2. The van der Waals surface area contributed by atoms with E-state index < -0.39 is 0 Å². The molecule has 2 heterocycles. The van der Waals surface area contributed by atoms with Crippen LogP contribution in [0.25, 0.3) is 10.9 Å². The van der Waals surface area contributed by atoms with Gasteiger partial charge in [-0.3, -0.25) is 0 Å². The number of hydrogen-bond donors (Lipinski definition) is 3. The minimum atomic E-state index is 0.268. The topological polar surface area (TPSA) is 56.5 Å². The van der Waals surface area contributed by atoms with Gasteiger partial charge in [0.25, 0.3) is 0 Å². The van der Waals surface area contributed by atoms with E-state index >= 15 is 0 Å². The number of nitrogens with zero attached hydrogens (tertiary/aromatic N) is 1. The molecule has 0 aliphatic carbocycles. The maximum atomic E-state index is 4.33. The van der Waals surface area contributed by atoms with Crippen LogP contribution >= 0.6 is 0 Å². The van der Waals surface area contributed by atoms with E-state index in [0.717, 1.165) is 18.8 Å². The standard InChI is InChI=1S/C15H18N4/c1-2-13(15-17-8-9-18-15)19-10-11-4-3-5-14-12(11)6-7-16-14/h3-9,13,16,19H,2,10H2,1H3,(H,17,18). The molecule has 1 unspecified atom stereocenters. The van der Waals surface area contributed by atoms with E-state index in [1.807, 2.05) is 12.4 Å². The summed E-state index contributed by atoms with van der Waals surface area (Å²) in [5, 5.41) is 4.84. The summed E-state index contributed by atoms with van der Waals surface area (Å²) in [6.07, 6.45) is 6.66. The fourth-order valence-electron chi connectivity index (χ4n) is 2.44. The minimum Gasteiger partial charge on any atom is -0.361 e. The van der Waals surface area contributed by atoms with E-state index in [4.69, 9.17) is 0 Å². The molecular weight excluding hydrogens is 236 g/mol. The molecule has 4 nitrogen and oxygen atoms in total. The first-order valence-electron chi connectivity index (χ1n) is 6.66. The van der Waals surface area contributed by atoms with Gasteiger partial charge in [0.15, 0.2) is 0 Å². The van der Waals surface area contributed by atoms with Crippen molar-refractivity contribution in [1.29, 1.82) is 0 Å². The van der Waals surface area contributed by atoms with Crippen LogP contribution in [0.1, 0.15) is 30.8 Å². The van der Waals surface area contributed by atoms with Crippen molar-refractivity contribution in [3.8, 4) is 0 Å². The molecule has 2 aromatic heterocycles. The Morgan fingerprint density at radius 2 is 2.16 bits per heavy atom. The zero-order valence-electron chi connectivity index (χ0n) is 11.0. The van der Waals surface area contributed by atoms with Gasteiger partial charge in [-0.1, -0.05) is 19.1 Å². The zero-order valence-corrected chi connectivity index (χ0v) is 11.0. The van der Waals surface area contributed by atoms with Crippen LogP contribution in [0.2, 0.25) is 0 Å². The summed E-state index contributed by atoms with van der Waals surface area (Å²) in [5.74, 6) is 1.00. The summed E-state index contributed by atoms with van der Waals surface area (Å²) in [4.78, 5) is 10.7. The molecule has 3 N–H and O–H groups in total. The van der Waals surface area contributed by atoms with Crippen molar-refractivity contribution in [1.82, 2.24) is 20.3 Å². The summed E-state index contributed by atoms with van der Waals surface area (Å²) in [5.41, 5.74) is 2.49. The third kappa shape index (κ3) is 2.39. The van der Waals surface area contributed by atoms with E-state index in [0.29, 0.717) is 0 Å². The van der Waals surface area contributed by atoms with E-state index in [9.17, 15) is 0 Å². The van der Waals surface area contributed by atoms with Gasteiger partial charge in [0.05, 0.1) is 6.04 Å². The fraction of sp³-hybridized carbons (Fsp3) is 0.267.